The molecule has 0 bridgehead atoms. The number of aromatic nitrogens is 6. The number of aromatic amines is 1. The molecular weight excluding hydrogens is 478 g/mol. The third-order valence-electron chi connectivity index (χ3n) is 6.01. The van der Waals surface area contributed by atoms with E-state index in [1.54, 1.807) is 4.68 Å². The van der Waals surface area contributed by atoms with Crippen molar-refractivity contribution in [3.63, 3.8) is 0 Å². The van der Waals surface area contributed by atoms with Gasteiger partial charge in [0, 0.05) is 16.7 Å². The molecule has 0 fully saturated rings. The number of nitrogens with one attached hydrogen (secondary N) is 1. The molecule has 1 aliphatic rings. The Morgan fingerprint density at radius 3 is 2.53 bits per heavy atom. The Balaban J connectivity index is 1.43. The van der Waals surface area contributed by atoms with Crippen LogP contribution >= 0.6 is 11.3 Å². The lowest BCUT2D eigenvalue weighted by molar-refractivity contribution is -0.133. The second kappa shape index (κ2) is 10.2. The Morgan fingerprint density at radius 1 is 1.08 bits per heavy atom. The first-order chi connectivity index (χ1) is 17.5. The lowest BCUT2D eigenvalue weighted by atomic mass is 9.98. The standard InChI is InChI=1S/C25H23N7O3S/c1-2-21-29-32(25(36-21)26-23(33)19-8-5-9-20(19)24(34)35)14-15-10-12-16(13-11-15)17-6-3-4-7-18(17)22-27-30-31-28-22/h3-4,6-7,10-13H,2,5,8-9,14H2,1H3,(H,34,35)(H,27,28,30,31)/b26-25+. The maximum atomic E-state index is 12.8. The number of carbonyl (C=O) groups excluding carboxylic acids is 1. The lowest BCUT2D eigenvalue weighted by Crippen LogP contribution is -2.20. The predicted octanol–water partition coefficient (Wildman–Crippen LogP) is 3.39. The van der Waals surface area contributed by atoms with E-state index in [9.17, 15) is 14.7 Å². The summed E-state index contributed by atoms with van der Waals surface area (Å²) in [6, 6.07) is 15.9. The van der Waals surface area contributed by atoms with E-state index in [2.05, 4.69) is 30.7 Å². The highest BCUT2D eigenvalue weighted by atomic mass is 32.1. The van der Waals surface area contributed by atoms with E-state index in [4.69, 9.17) is 0 Å². The van der Waals surface area contributed by atoms with Crippen LogP contribution in [0, 0.1) is 0 Å². The van der Waals surface area contributed by atoms with Gasteiger partial charge in [-0.2, -0.15) is 15.3 Å². The summed E-state index contributed by atoms with van der Waals surface area (Å²) in [6.45, 7) is 2.42. The summed E-state index contributed by atoms with van der Waals surface area (Å²) in [5.74, 6) is -1.00. The van der Waals surface area contributed by atoms with Crippen molar-refractivity contribution >= 4 is 23.2 Å². The summed E-state index contributed by atoms with van der Waals surface area (Å²) in [4.78, 5) is 29.0. The molecule has 1 amide bonds. The van der Waals surface area contributed by atoms with Gasteiger partial charge in [0.1, 0.15) is 5.01 Å². The van der Waals surface area contributed by atoms with Crippen LogP contribution in [0.3, 0.4) is 0 Å². The van der Waals surface area contributed by atoms with Crippen molar-refractivity contribution in [3.8, 4) is 22.5 Å². The predicted molar refractivity (Wildman–Crippen MR) is 133 cm³/mol. The highest BCUT2D eigenvalue weighted by Crippen LogP contribution is 2.30. The summed E-state index contributed by atoms with van der Waals surface area (Å²) >= 11 is 1.35. The summed E-state index contributed by atoms with van der Waals surface area (Å²) in [5.41, 5.74) is 4.33. The molecule has 2 aromatic heterocycles. The van der Waals surface area contributed by atoms with Crippen LogP contribution in [0.15, 0.2) is 64.7 Å². The number of rotatable bonds is 7. The SMILES string of the molecule is CCc1nn(Cc2ccc(-c3ccccc3-c3nn[nH]n3)cc2)/c(=N\C(=O)C2=C(C(=O)O)CCC2)s1. The molecule has 0 aliphatic heterocycles. The van der Waals surface area contributed by atoms with Crippen LogP contribution in [0.4, 0.5) is 0 Å². The third kappa shape index (κ3) is 4.78. The third-order valence-corrected chi connectivity index (χ3v) is 7.10. The first kappa shape index (κ1) is 23.5. The van der Waals surface area contributed by atoms with Gasteiger partial charge in [-0.1, -0.05) is 66.8 Å². The maximum absolute atomic E-state index is 12.8. The number of carboxylic acid groups (broad SMARTS) is 1. The fourth-order valence-electron chi connectivity index (χ4n) is 4.22. The van der Waals surface area contributed by atoms with Crippen LogP contribution in [0.1, 0.15) is 36.8 Å². The van der Waals surface area contributed by atoms with Crippen LogP contribution in [0.2, 0.25) is 0 Å². The number of nitrogens with zero attached hydrogens (tertiary/aromatic N) is 6. The van der Waals surface area contributed by atoms with Gasteiger partial charge >= 0.3 is 5.97 Å². The van der Waals surface area contributed by atoms with Crippen molar-refractivity contribution in [2.45, 2.75) is 39.2 Å². The zero-order valence-corrected chi connectivity index (χ0v) is 20.3. The first-order valence-corrected chi connectivity index (χ1v) is 12.4. The van der Waals surface area contributed by atoms with E-state index in [0.29, 0.717) is 48.4 Å². The van der Waals surface area contributed by atoms with Gasteiger partial charge in [0.2, 0.25) is 10.6 Å². The van der Waals surface area contributed by atoms with E-state index in [0.717, 1.165) is 27.3 Å². The zero-order chi connectivity index (χ0) is 25.1. The highest BCUT2D eigenvalue weighted by molar-refractivity contribution is 7.08. The minimum Gasteiger partial charge on any atom is -0.478 e. The van der Waals surface area contributed by atoms with Crippen molar-refractivity contribution < 1.29 is 14.7 Å². The van der Waals surface area contributed by atoms with Gasteiger partial charge in [-0.15, -0.1) is 10.2 Å². The van der Waals surface area contributed by atoms with Crippen LogP contribution < -0.4 is 4.80 Å². The Bertz CT molecular complexity index is 1520. The number of carbonyl (C=O) groups is 2. The number of aliphatic carboxylic acids is 1. The molecule has 1 aliphatic carbocycles. The summed E-state index contributed by atoms with van der Waals surface area (Å²) in [7, 11) is 0. The van der Waals surface area contributed by atoms with Gasteiger partial charge in [-0.3, -0.25) is 4.79 Å². The second-order valence-electron chi connectivity index (χ2n) is 8.30. The average Bonchev–Trinajstić information content (AvgIpc) is 3.66. The van der Waals surface area contributed by atoms with Gasteiger partial charge in [-0.05, 0) is 47.6 Å². The van der Waals surface area contributed by atoms with E-state index in [1.165, 1.54) is 11.3 Å². The fraction of sp³-hybridized carbons (Fsp3) is 0.240. The first-order valence-electron chi connectivity index (χ1n) is 11.6. The van der Waals surface area contributed by atoms with Crippen LogP contribution in [-0.2, 0) is 22.6 Å². The van der Waals surface area contributed by atoms with E-state index in [1.807, 2.05) is 55.5 Å². The molecule has 4 aromatic rings. The van der Waals surface area contributed by atoms with Crippen LogP contribution in [0.5, 0.6) is 0 Å². The number of hydrogen-bond donors (Lipinski definition) is 2. The summed E-state index contributed by atoms with van der Waals surface area (Å²) < 4.78 is 1.71. The van der Waals surface area contributed by atoms with Gasteiger partial charge in [0.25, 0.3) is 5.91 Å². The molecular formula is C25H23N7O3S. The summed E-state index contributed by atoms with van der Waals surface area (Å²) in [5, 5.41) is 29.2. The Hall–Kier alpha value is -4.25. The van der Waals surface area contributed by atoms with Crippen LogP contribution in [-0.4, -0.2) is 47.4 Å². The molecule has 36 heavy (non-hydrogen) atoms. The zero-order valence-electron chi connectivity index (χ0n) is 19.5. The molecule has 0 saturated heterocycles. The molecule has 10 nitrogen and oxygen atoms in total. The van der Waals surface area contributed by atoms with E-state index >= 15 is 0 Å². The Labute approximate surface area is 210 Å². The number of tetrazole rings is 1. The van der Waals surface area contributed by atoms with Crippen molar-refractivity contribution in [1.82, 2.24) is 30.4 Å². The molecule has 0 radical (unpaired) electrons. The van der Waals surface area contributed by atoms with Crippen molar-refractivity contribution in [3.05, 3.63) is 75.0 Å². The Morgan fingerprint density at radius 2 is 1.83 bits per heavy atom. The number of carboxylic acids is 1. The highest BCUT2D eigenvalue weighted by Gasteiger charge is 2.25. The van der Waals surface area contributed by atoms with Crippen molar-refractivity contribution in [2.75, 3.05) is 0 Å². The topological polar surface area (TPSA) is 139 Å². The van der Waals surface area contributed by atoms with Gasteiger partial charge in [-0.25, -0.2) is 9.48 Å². The molecule has 2 heterocycles. The molecule has 0 spiro atoms. The monoisotopic (exact) mass is 501 g/mol. The fourth-order valence-corrected chi connectivity index (χ4v) is 5.05. The number of hydrogen-bond acceptors (Lipinski definition) is 7. The molecule has 5 rings (SSSR count). The molecule has 11 heteroatoms. The molecule has 0 atom stereocenters. The number of amides is 1. The maximum Gasteiger partial charge on any atom is 0.332 e. The minimum absolute atomic E-state index is 0.173. The lowest BCUT2D eigenvalue weighted by Gasteiger charge is -2.08. The molecule has 182 valence electrons. The molecule has 2 aromatic carbocycles. The van der Waals surface area contributed by atoms with Crippen molar-refractivity contribution in [1.29, 1.82) is 0 Å². The average molecular weight is 502 g/mol. The largest absolute Gasteiger partial charge is 0.478 e. The normalized spacial score (nSPS) is 14.0. The number of benzene rings is 2. The van der Waals surface area contributed by atoms with Crippen LogP contribution in [0.25, 0.3) is 22.5 Å². The number of aryl methyl sites for hydroxylation is 1. The molecule has 0 unspecified atom stereocenters. The number of H-pyrrole nitrogens is 1. The Kier molecular flexibility index (Phi) is 6.63. The second-order valence-corrected chi connectivity index (χ2v) is 9.34. The van der Waals surface area contributed by atoms with E-state index < -0.39 is 11.9 Å². The minimum atomic E-state index is -1.04. The quantitative estimate of drug-likeness (QED) is 0.396. The smallest absolute Gasteiger partial charge is 0.332 e. The molecule has 2 N–H and O–H groups in total. The van der Waals surface area contributed by atoms with Gasteiger partial charge < -0.3 is 5.11 Å². The van der Waals surface area contributed by atoms with Crippen molar-refractivity contribution in [2.24, 2.45) is 4.99 Å². The van der Waals surface area contributed by atoms with Gasteiger partial charge in [0.05, 0.1) is 6.54 Å². The van der Waals surface area contributed by atoms with E-state index in [-0.39, 0.29) is 5.57 Å². The summed E-state index contributed by atoms with van der Waals surface area (Å²) in [6.07, 6.45) is 2.21. The van der Waals surface area contributed by atoms with Gasteiger partial charge in [0.15, 0.2) is 0 Å². The molecule has 0 saturated carbocycles.